The van der Waals surface area contributed by atoms with Crippen LogP contribution < -0.4 is 5.32 Å². The molecule has 6 heteroatoms. The lowest BCUT2D eigenvalue weighted by Crippen LogP contribution is -2.30. The van der Waals surface area contributed by atoms with Gasteiger partial charge >= 0.3 is 0 Å². The standard InChI is InChI=1S/C12H14ClN5/c1-8-3-5-9(6-4-8)15-11-10(17-14)7-18(2)12(13)16-11/h3-7,12,14H,1-2H3,(H,15,16). The number of aryl methyl sites for hydroxylation is 1. The minimum Gasteiger partial charge on any atom is -0.344 e. The van der Waals surface area contributed by atoms with E-state index in [4.69, 9.17) is 17.1 Å². The Morgan fingerprint density at radius 2 is 2.06 bits per heavy atom. The Labute approximate surface area is 111 Å². The molecule has 18 heavy (non-hydrogen) atoms. The van der Waals surface area contributed by atoms with E-state index >= 15 is 0 Å². The number of amidine groups is 1. The molecule has 1 aromatic carbocycles. The highest BCUT2D eigenvalue weighted by molar-refractivity contribution is 6.22. The van der Waals surface area contributed by atoms with Crippen LogP contribution in [0.25, 0.3) is 0 Å². The molecule has 1 aliphatic rings. The minimum absolute atomic E-state index is 0.454. The Kier molecular flexibility index (Phi) is 3.62. The number of halogens is 1. The average Bonchev–Trinajstić information content (AvgIpc) is 2.36. The van der Waals surface area contributed by atoms with Gasteiger partial charge in [-0.05, 0) is 19.1 Å². The summed E-state index contributed by atoms with van der Waals surface area (Å²) in [4.78, 5) is 5.94. The molecular weight excluding hydrogens is 250 g/mol. The first-order valence-electron chi connectivity index (χ1n) is 5.47. The van der Waals surface area contributed by atoms with Gasteiger partial charge in [-0.3, -0.25) is 0 Å². The van der Waals surface area contributed by atoms with Crippen LogP contribution in [-0.2, 0) is 0 Å². The highest BCUT2D eigenvalue weighted by atomic mass is 35.5. The second-order valence-corrected chi connectivity index (χ2v) is 4.46. The highest BCUT2D eigenvalue weighted by Gasteiger charge is 2.19. The lowest BCUT2D eigenvalue weighted by atomic mass is 10.2. The van der Waals surface area contributed by atoms with Gasteiger partial charge < -0.3 is 10.2 Å². The molecule has 1 unspecified atom stereocenters. The molecule has 0 bridgehead atoms. The molecule has 1 aromatic rings. The summed E-state index contributed by atoms with van der Waals surface area (Å²) in [6, 6.07) is 7.89. The van der Waals surface area contributed by atoms with Crippen LogP contribution in [0.5, 0.6) is 0 Å². The first-order valence-corrected chi connectivity index (χ1v) is 5.91. The molecule has 1 atom stereocenters. The van der Waals surface area contributed by atoms with Crippen LogP contribution in [0.4, 0.5) is 5.69 Å². The van der Waals surface area contributed by atoms with Crippen LogP contribution >= 0.6 is 11.6 Å². The van der Waals surface area contributed by atoms with E-state index in [0.29, 0.717) is 11.5 Å². The van der Waals surface area contributed by atoms with Crippen LogP contribution in [0.2, 0.25) is 0 Å². The topological polar surface area (TPSA) is 63.8 Å². The van der Waals surface area contributed by atoms with Crippen molar-refractivity contribution in [2.24, 2.45) is 10.1 Å². The summed E-state index contributed by atoms with van der Waals surface area (Å²) < 4.78 is 0. The molecule has 0 radical (unpaired) electrons. The van der Waals surface area contributed by atoms with E-state index in [0.717, 1.165) is 5.69 Å². The summed E-state index contributed by atoms with van der Waals surface area (Å²) in [6.45, 7) is 2.02. The molecule has 94 valence electrons. The quantitative estimate of drug-likeness (QED) is 0.489. The van der Waals surface area contributed by atoms with Crippen LogP contribution in [-0.4, -0.2) is 23.4 Å². The number of nitrogens with zero attached hydrogens (tertiary/aromatic N) is 3. The second-order valence-electron chi connectivity index (χ2n) is 4.07. The minimum atomic E-state index is -0.483. The van der Waals surface area contributed by atoms with Gasteiger partial charge in [-0.2, -0.15) is 5.11 Å². The molecule has 0 aliphatic carbocycles. The van der Waals surface area contributed by atoms with Gasteiger partial charge in [0.25, 0.3) is 0 Å². The molecule has 2 rings (SSSR count). The van der Waals surface area contributed by atoms with Crippen molar-refractivity contribution in [1.82, 2.24) is 4.90 Å². The molecule has 0 spiro atoms. The Hall–Kier alpha value is -1.88. The lowest BCUT2D eigenvalue weighted by Gasteiger charge is -2.24. The van der Waals surface area contributed by atoms with E-state index in [1.807, 2.05) is 31.2 Å². The van der Waals surface area contributed by atoms with E-state index < -0.39 is 5.62 Å². The zero-order valence-electron chi connectivity index (χ0n) is 10.2. The molecule has 0 saturated carbocycles. The van der Waals surface area contributed by atoms with E-state index in [1.54, 1.807) is 18.1 Å². The van der Waals surface area contributed by atoms with Crippen molar-refractivity contribution in [2.45, 2.75) is 12.5 Å². The fourth-order valence-electron chi connectivity index (χ4n) is 1.53. The summed E-state index contributed by atoms with van der Waals surface area (Å²) >= 11 is 6.03. The monoisotopic (exact) mass is 263 g/mol. The van der Waals surface area contributed by atoms with Crippen molar-refractivity contribution >= 4 is 23.1 Å². The van der Waals surface area contributed by atoms with Gasteiger partial charge in [-0.15, -0.1) is 0 Å². The second kappa shape index (κ2) is 5.18. The van der Waals surface area contributed by atoms with E-state index in [-0.39, 0.29) is 0 Å². The van der Waals surface area contributed by atoms with Gasteiger partial charge in [-0.1, -0.05) is 29.3 Å². The smallest absolute Gasteiger partial charge is 0.199 e. The largest absolute Gasteiger partial charge is 0.344 e. The first-order chi connectivity index (χ1) is 8.60. The van der Waals surface area contributed by atoms with E-state index in [2.05, 4.69) is 15.4 Å². The maximum atomic E-state index is 7.15. The predicted molar refractivity (Wildman–Crippen MR) is 72.9 cm³/mol. The van der Waals surface area contributed by atoms with Crippen molar-refractivity contribution in [3.8, 4) is 0 Å². The van der Waals surface area contributed by atoms with E-state index in [9.17, 15) is 0 Å². The number of alkyl halides is 1. The van der Waals surface area contributed by atoms with Crippen LogP contribution in [0.1, 0.15) is 5.56 Å². The number of aliphatic imine (C=N–C) groups is 1. The molecule has 0 saturated heterocycles. The van der Waals surface area contributed by atoms with Gasteiger partial charge in [0.1, 0.15) is 5.70 Å². The summed E-state index contributed by atoms with van der Waals surface area (Å²) in [7, 11) is 1.79. The number of nitrogens with one attached hydrogen (secondary N) is 2. The van der Waals surface area contributed by atoms with Crippen molar-refractivity contribution in [3.63, 3.8) is 0 Å². The Morgan fingerprint density at radius 1 is 1.39 bits per heavy atom. The van der Waals surface area contributed by atoms with Gasteiger partial charge in [0.05, 0.1) is 0 Å². The van der Waals surface area contributed by atoms with Crippen molar-refractivity contribution in [2.75, 3.05) is 12.4 Å². The van der Waals surface area contributed by atoms with Gasteiger partial charge in [0.2, 0.25) is 0 Å². The molecule has 1 heterocycles. The normalized spacial score (nSPS) is 19.1. The summed E-state index contributed by atoms with van der Waals surface area (Å²) in [5.74, 6) is 0.506. The molecule has 1 aliphatic heterocycles. The van der Waals surface area contributed by atoms with Crippen molar-refractivity contribution in [3.05, 3.63) is 41.7 Å². The first kappa shape index (κ1) is 12.6. The molecule has 2 N–H and O–H groups in total. The highest BCUT2D eigenvalue weighted by Crippen LogP contribution is 2.18. The number of hydrogen-bond donors (Lipinski definition) is 2. The lowest BCUT2D eigenvalue weighted by molar-refractivity contribution is 0.422. The number of benzene rings is 1. The van der Waals surface area contributed by atoms with Crippen molar-refractivity contribution < 1.29 is 0 Å². The van der Waals surface area contributed by atoms with Crippen LogP contribution in [0.15, 0.2) is 46.3 Å². The van der Waals surface area contributed by atoms with Gasteiger partial charge in [0.15, 0.2) is 11.5 Å². The Morgan fingerprint density at radius 3 is 2.67 bits per heavy atom. The summed E-state index contributed by atoms with van der Waals surface area (Å²) in [5.41, 5.74) is 9.19. The molecule has 0 aromatic heterocycles. The maximum absolute atomic E-state index is 7.15. The van der Waals surface area contributed by atoms with Crippen LogP contribution in [0.3, 0.4) is 0 Å². The van der Waals surface area contributed by atoms with E-state index in [1.165, 1.54) is 5.56 Å². The Bertz CT molecular complexity index is 506. The maximum Gasteiger partial charge on any atom is 0.199 e. The number of rotatable bonds is 2. The third-order valence-corrected chi connectivity index (χ3v) is 2.98. The third-order valence-electron chi connectivity index (χ3n) is 2.57. The predicted octanol–water partition coefficient (Wildman–Crippen LogP) is 3.15. The SMILES string of the molecule is Cc1ccc(NC2=NC(Cl)N(C)C=C2N=N)cc1. The number of hydrogen-bond acceptors (Lipinski definition) is 5. The fraction of sp³-hybridized carbons (Fsp3) is 0.250. The summed E-state index contributed by atoms with van der Waals surface area (Å²) in [5, 5.41) is 6.56. The zero-order chi connectivity index (χ0) is 13.1. The average molecular weight is 264 g/mol. The zero-order valence-corrected chi connectivity index (χ0v) is 10.9. The molecule has 0 amide bonds. The summed E-state index contributed by atoms with van der Waals surface area (Å²) in [6.07, 6.45) is 1.69. The molecule has 0 fully saturated rings. The Balaban J connectivity index is 2.22. The van der Waals surface area contributed by atoms with Crippen LogP contribution in [0, 0.1) is 12.5 Å². The van der Waals surface area contributed by atoms with Crippen molar-refractivity contribution in [1.29, 1.82) is 5.53 Å². The third kappa shape index (κ3) is 2.68. The van der Waals surface area contributed by atoms with Gasteiger partial charge in [-0.25, -0.2) is 10.5 Å². The molecular formula is C12H14ClN5. The fourth-order valence-corrected chi connectivity index (χ4v) is 1.68. The molecule has 5 nitrogen and oxygen atoms in total. The van der Waals surface area contributed by atoms with Gasteiger partial charge in [0, 0.05) is 18.9 Å². The number of anilines is 1.